The van der Waals surface area contributed by atoms with E-state index in [0.29, 0.717) is 18.9 Å². The van der Waals surface area contributed by atoms with Crippen LogP contribution >= 0.6 is 12.4 Å². The summed E-state index contributed by atoms with van der Waals surface area (Å²) in [5, 5.41) is 6.32. The number of methoxy groups -OCH3 is 1. The number of ether oxygens (including phenoxy) is 1. The van der Waals surface area contributed by atoms with Gasteiger partial charge in [0.25, 0.3) is 0 Å². The van der Waals surface area contributed by atoms with E-state index in [-0.39, 0.29) is 18.3 Å². The average Bonchev–Trinajstić information content (AvgIpc) is 2.28. The van der Waals surface area contributed by atoms with Crippen molar-refractivity contribution in [3.05, 3.63) is 0 Å². The Morgan fingerprint density at radius 3 is 3.00 bits per heavy atom. The Kier molecular flexibility index (Phi) is 9.68. The van der Waals surface area contributed by atoms with Gasteiger partial charge in [-0.3, -0.25) is 4.79 Å². The van der Waals surface area contributed by atoms with Crippen molar-refractivity contribution < 1.29 is 9.53 Å². The minimum Gasteiger partial charge on any atom is -0.385 e. The van der Waals surface area contributed by atoms with Gasteiger partial charge < -0.3 is 15.4 Å². The molecule has 1 amide bonds. The van der Waals surface area contributed by atoms with Crippen molar-refractivity contribution in [2.24, 2.45) is 5.92 Å². The van der Waals surface area contributed by atoms with Crippen LogP contribution < -0.4 is 10.6 Å². The molecule has 0 saturated carbocycles. The number of halogens is 1. The summed E-state index contributed by atoms with van der Waals surface area (Å²) < 4.78 is 4.90. The molecule has 2 N–H and O–H groups in total. The molecule has 16 heavy (non-hydrogen) atoms. The Morgan fingerprint density at radius 2 is 2.38 bits per heavy atom. The standard InChI is InChI=1S/C11H22N2O2.ClH/c1-15-7-3-5-11(14)13-9-10-4-2-6-12-8-10;/h10,12H,2-9H2,1H3,(H,13,14);1H. The topological polar surface area (TPSA) is 50.4 Å². The van der Waals surface area contributed by atoms with E-state index < -0.39 is 0 Å². The molecule has 5 heteroatoms. The Balaban J connectivity index is 0.00000225. The zero-order chi connectivity index (χ0) is 10.9. The molecule has 0 spiro atoms. The zero-order valence-electron chi connectivity index (χ0n) is 9.96. The first kappa shape index (κ1) is 15.7. The highest BCUT2D eigenvalue weighted by atomic mass is 35.5. The maximum atomic E-state index is 11.4. The van der Waals surface area contributed by atoms with Gasteiger partial charge in [-0.2, -0.15) is 0 Å². The number of nitrogens with one attached hydrogen (secondary N) is 2. The number of carbonyl (C=O) groups is 1. The Labute approximate surface area is 104 Å². The highest BCUT2D eigenvalue weighted by Gasteiger charge is 2.13. The molecule has 1 heterocycles. The van der Waals surface area contributed by atoms with E-state index in [4.69, 9.17) is 4.74 Å². The smallest absolute Gasteiger partial charge is 0.220 e. The Morgan fingerprint density at radius 1 is 1.56 bits per heavy atom. The van der Waals surface area contributed by atoms with Crippen molar-refractivity contribution in [2.45, 2.75) is 25.7 Å². The molecule has 1 saturated heterocycles. The molecule has 0 aromatic heterocycles. The number of amides is 1. The molecule has 0 bridgehead atoms. The molecule has 0 aliphatic carbocycles. The van der Waals surface area contributed by atoms with Crippen LogP contribution in [0.1, 0.15) is 25.7 Å². The predicted molar refractivity (Wildman–Crippen MR) is 67.0 cm³/mol. The summed E-state index contributed by atoms with van der Waals surface area (Å²) in [4.78, 5) is 11.4. The van der Waals surface area contributed by atoms with E-state index in [1.165, 1.54) is 12.8 Å². The minimum absolute atomic E-state index is 0. The van der Waals surface area contributed by atoms with Gasteiger partial charge in [0.15, 0.2) is 0 Å². The molecule has 0 aromatic carbocycles. The molecule has 4 nitrogen and oxygen atoms in total. The van der Waals surface area contributed by atoms with E-state index in [1.54, 1.807) is 7.11 Å². The first-order chi connectivity index (χ1) is 7.33. The average molecular weight is 251 g/mol. The van der Waals surface area contributed by atoms with Gasteiger partial charge in [0.2, 0.25) is 5.91 Å². The maximum Gasteiger partial charge on any atom is 0.220 e. The third kappa shape index (κ3) is 7.04. The molecule has 1 aliphatic heterocycles. The molecule has 1 atom stereocenters. The van der Waals surface area contributed by atoms with Crippen LogP contribution in [0.2, 0.25) is 0 Å². The Bertz CT molecular complexity index is 185. The number of piperidine rings is 1. The van der Waals surface area contributed by atoms with Gasteiger partial charge >= 0.3 is 0 Å². The summed E-state index contributed by atoms with van der Waals surface area (Å²) in [5.41, 5.74) is 0. The molecule has 1 fully saturated rings. The second-order valence-electron chi connectivity index (χ2n) is 4.11. The van der Waals surface area contributed by atoms with Gasteiger partial charge in [0.05, 0.1) is 0 Å². The van der Waals surface area contributed by atoms with Crippen LogP contribution in [0.4, 0.5) is 0 Å². The highest BCUT2D eigenvalue weighted by molar-refractivity contribution is 5.85. The van der Waals surface area contributed by atoms with Crippen LogP contribution in [0, 0.1) is 5.92 Å². The summed E-state index contributed by atoms with van der Waals surface area (Å²) in [6, 6.07) is 0. The number of rotatable bonds is 6. The third-order valence-electron chi connectivity index (χ3n) is 2.74. The predicted octanol–water partition coefficient (Wildman–Crippen LogP) is 0.951. The van der Waals surface area contributed by atoms with Gasteiger partial charge in [-0.05, 0) is 38.3 Å². The maximum absolute atomic E-state index is 11.4. The van der Waals surface area contributed by atoms with Crippen molar-refractivity contribution in [3.8, 4) is 0 Å². The zero-order valence-corrected chi connectivity index (χ0v) is 10.8. The summed E-state index contributed by atoms with van der Waals surface area (Å²) in [6.45, 7) is 3.65. The largest absolute Gasteiger partial charge is 0.385 e. The molecular weight excluding hydrogens is 228 g/mol. The highest BCUT2D eigenvalue weighted by Crippen LogP contribution is 2.08. The van der Waals surface area contributed by atoms with Crippen LogP contribution in [0.5, 0.6) is 0 Å². The van der Waals surface area contributed by atoms with Gasteiger partial charge in [0.1, 0.15) is 0 Å². The summed E-state index contributed by atoms with van der Waals surface area (Å²) in [6.07, 6.45) is 3.84. The lowest BCUT2D eigenvalue weighted by atomic mass is 10.00. The lowest BCUT2D eigenvalue weighted by Crippen LogP contribution is -2.38. The van der Waals surface area contributed by atoms with Crippen LogP contribution in [0.25, 0.3) is 0 Å². The van der Waals surface area contributed by atoms with Crippen LogP contribution in [0.15, 0.2) is 0 Å². The lowest BCUT2D eigenvalue weighted by molar-refractivity contribution is -0.121. The molecule has 0 aromatic rings. The van der Waals surface area contributed by atoms with Crippen LogP contribution in [-0.4, -0.2) is 39.3 Å². The fraction of sp³-hybridized carbons (Fsp3) is 0.909. The lowest BCUT2D eigenvalue weighted by Gasteiger charge is -2.22. The van der Waals surface area contributed by atoms with Crippen molar-refractivity contribution >= 4 is 18.3 Å². The second-order valence-corrected chi connectivity index (χ2v) is 4.11. The number of carbonyl (C=O) groups excluding carboxylic acids is 1. The monoisotopic (exact) mass is 250 g/mol. The van der Waals surface area contributed by atoms with Crippen molar-refractivity contribution in [1.82, 2.24) is 10.6 Å². The summed E-state index contributed by atoms with van der Waals surface area (Å²) in [7, 11) is 1.66. The van der Waals surface area contributed by atoms with Crippen LogP contribution in [-0.2, 0) is 9.53 Å². The van der Waals surface area contributed by atoms with E-state index in [0.717, 1.165) is 26.1 Å². The molecule has 1 unspecified atom stereocenters. The first-order valence-electron chi connectivity index (χ1n) is 5.79. The molecule has 1 rings (SSSR count). The van der Waals surface area contributed by atoms with Gasteiger partial charge in [-0.1, -0.05) is 0 Å². The molecular formula is C11H23ClN2O2. The van der Waals surface area contributed by atoms with E-state index in [9.17, 15) is 4.79 Å². The first-order valence-corrected chi connectivity index (χ1v) is 5.79. The quantitative estimate of drug-likeness (QED) is 0.691. The van der Waals surface area contributed by atoms with Crippen molar-refractivity contribution in [2.75, 3.05) is 33.4 Å². The van der Waals surface area contributed by atoms with Gasteiger partial charge in [-0.15, -0.1) is 12.4 Å². The SMILES string of the molecule is COCCCC(=O)NCC1CCCNC1.Cl. The van der Waals surface area contributed by atoms with E-state index in [1.807, 2.05) is 0 Å². The normalized spacial score (nSPS) is 19.9. The number of hydrogen-bond acceptors (Lipinski definition) is 3. The third-order valence-corrected chi connectivity index (χ3v) is 2.74. The van der Waals surface area contributed by atoms with E-state index in [2.05, 4.69) is 10.6 Å². The van der Waals surface area contributed by atoms with Gasteiger partial charge in [0, 0.05) is 26.7 Å². The summed E-state index contributed by atoms with van der Waals surface area (Å²) >= 11 is 0. The van der Waals surface area contributed by atoms with Crippen molar-refractivity contribution in [3.63, 3.8) is 0 Å². The fourth-order valence-electron chi connectivity index (χ4n) is 1.82. The van der Waals surface area contributed by atoms with Crippen LogP contribution in [0.3, 0.4) is 0 Å². The Hall–Kier alpha value is -0.320. The van der Waals surface area contributed by atoms with Crippen molar-refractivity contribution in [1.29, 1.82) is 0 Å². The molecule has 0 radical (unpaired) electrons. The molecule has 96 valence electrons. The second kappa shape index (κ2) is 9.87. The fourth-order valence-corrected chi connectivity index (χ4v) is 1.82. The minimum atomic E-state index is 0. The summed E-state index contributed by atoms with van der Waals surface area (Å²) in [5.74, 6) is 0.766. The number of hydrogen-bond donors (Lipinski definition) is 2. The van der Waals surface area contributed by atoms with E-state index >= 15 is 0 Å². The van der Waals surface area contributed by atoms with Gasteiger partial charge in [-0.25, -0.2) is 0 Å². The molecule has 1 aliphatic rings.